The normalized spacial score (nSPS) is 23.5. The van der Waals surface area contributed by atoms with Crippen molar-refractivity contribution in [2.45, 2.75) is 25.3 Å². The Kier molecular flexibility index (Phi) is 3.16. The average molecular weight is 280 g/mol. The number of hydrogen-bond donors (Lipinski definition) is 1. The van der Waals surface area contributed by atoms with Crippen molar-refractivity contribution < 1.29 is 18.4 Å². The third-order valence-electron chi connectivity index (χ3n) is 3.71. The fourth-order valence-corrected chi connectivity index (χ4v) is 2.52. The van der Waals surface area contributed by atoms with Gasteiger partial charge in [-0.2, -0.15) is 0 Å². The molecule has 0 aromatic heterocycles. The molecule has 1 N–H and O–H groups in total. The van der Waals surface area contributed by atoms with Gasteiger partial charge in [-0.25, -0.2) is 8.78 Å². The summed E-state index contributed by atoms with van der Waals surface area (Å²) in [7, 11) is 0. The molecule has 2 amide bonds. The van der Waals surface area contributed by atoms with Crippen molar-refractivity contribution in [3.63, 3.8) is 0 Å². The monoisotopic (exact) mass is 280 g/mol. The molecule has 0 spiro atoms. The van der Waals surface area contributed by atoms with Gasteiger partial charge in [0.25, 0.3) is 0 Å². The van der Waals surface area contributed by atoms with Crippen LogP contribution in [0.1, 0.15) is 19.3 Å². The van der Waals surface area contributed by atoms with E-state index < -0.39 is 23.6 Å². The SMILES string of the molecule is O=C1CCN(c2c(F)cccc2F)C(=O)C(C2CC2)N1. The third kappa shape index (κ3) is 2.26. The molecule has 1 aliphatic heterocycles. The van der Waals surface area contributed by atoms with Gasteiger partial charge in [0.1, 0.15) is 23.4 Å². The van der Waals surface area contributed by atoms with Crippen LogP contribution in [-0.4, -0.2) is 24.4 Å². The number of rotatable bonds is 2. The van der Waals surface area contributed by atoms with Crippen LogP contribution in [0.25, 0.3) is 0 Å². The van der Waals surface area contributed by atoms with E-state index in [9.17, 15) is 18.4 Å². The third-order valence-corrected chi connectivity index (χ3v) is 3.71. The van der Waals surface area contributed by atoms with Crippen molar-refractivity contribution >= 4 is 17.5 Å². The van der Waals surface area contributed by atoms with Crippen molar-refractivity contribution in [3.8, 4) is 0 Å². The average Bonchev–Trinajstić information content (AvgIpc) is 3.22. The molecule has 2 fully saturated rings. The van der Waals surface area contributed by atoms with Crippen LogP contribution in [0.15, 0.2) is 18.2 Å². The van der Waals surface area contributed by atoms with Gasteiger partial charge in [0, 0.05) is 13.0 Å². The summed E-state index contributed by atoms with van der Waals surface area (Å²) in [5.74, 6) is -2.18. The molecule has 6 heteroatoms. The summed E-state index contributed by atoms with van der Waals surface area (Å²) in [5.41, 5.74) is -0.361. The van der Waals surface area contributed by atoms with E-state index in [0.29, 0.717) is 0 Å². The number of amides is 2. The van der Waals surface area contributed by atoms with Gasteiger partial charge in [-0.05, 0) is 30.9 Å². The first-order valence-electron chi connectivity index (χ1n) is 6.62. The van der Waals surface area contributed by atoms with Crippen molar-refractivity contribution in [2.75, 3.05) is 11.4 Å². The molecule has 4 nitrogen and oxygen atoms in total. The molecule has 0 bridgehead atoms. The summed E-state index contributed by atoms with van der Waals surface area (Å²) in [6, 6.07) is 2.80. The first kappa shape index (κ1) is 13.0. The minimum atomic E-state index is -0.790. The molecule has 1 aliphatic carbocycles. The number of carbonyl (C=O) groups is 2. The maximum absolute atomic E-state index is 13.8. The zero-order valence-electron chi connectivity index (χ0n) is 10.7. The molecule has 0 radical (unpaired) electrons. The second kappa shape index (κ2) is 4.85. The van der Waals surface area contributed by atoms with E-state index in [-0.39, 0.29) is 30.5 Å². The quantitative estimate of drug-likeness (QED) is 0.894. The van der Waals surface area contributed by atoms with Crippen LogP contribution < -0.4 is 10.2 Å². The summed E-state index contributed by atoms with van der Waals surface area (Å²) in [6.45, 7) is -0.00819. The number of benzene rings is 1. The number of carbonyl (C=O) groups excluding carboxylic acids is 2. The highest BCUT2D eigenvalue weighted by molar-refractivity contribution is 6.01. The van der Waals surface area contributed by atoms with Gasteiger partial charge in [0.15, 0.2) is 0 Å². The van der Waals surface area contributed by atoms with Crippen LogP contribution in [0.4, 0.5) is 14.5 Å². The first-order chi connectivity index (χ1) is 9.58. The summed E-state index contributed by atoms with van der Waals surface area (Å²) in [6.07, 6.45) is 1.75. The molecule has 106 valence electrons. The van der Waals surface area contributed by atoms with Crippen LogP contribution in [0, 0.1) is 17.6 Å². The summed E-state index contributed by atoms with van der Waals surface area (Å²) >= 11 is 0. The first-order valence-corrected chi connectivity index (χ1v) is 6.62. The fraction of sp³-hybridized carbons (Fsp3) is 0.429. The highest BCUT2D eigenvalue weighted by Crippen LogP contribution is 2.35. The molecular formula is C14H14F2N2O2. The lowest BCUT2D eigenvalue weighted by Crippen LogP contribution is -2.46. The van der Waals surface area contributed by atoms with E-state index in [1.165, 1.54) is 6.07 Å². The van der Waals surface area contributed by atoms with E-state index in [4.69, 9.17) is 0 Å². The highest BCUT2D eigenvalue weighted by atomic mass is 19.1. The standard InChI is InChI=1S/C14H14F2N2O2/c15-9-2-1-3-10(16)13(9)18-7-6-11(19)17-12(14(18)20)8-4-5-8/h1-3,8,12H,4-7H2,(H,17,19). The predicted octanol–water partition coefficient (Wildman–Crippen LogP) is 1.60. The van der Waals surface area contributed by atoms with Crippen LogP contribution >= 0.6 is 0 Å². The summed E-state index contributed by atoms with van der Waals surface area (Å²) in [5, 5.41) is 2.65. The summed E-state index contributed by atoms with van der Waals surface area (Å²) in [4.78, 5) is 25.2. The topological polar surface area (TPSA) is 49.4 Å². The lowest BCUT2D eigenvalue weighted by atomic mass is 10.1. The zero-order valence-corrected chi connectivity index (χ0v) is 10.7. The van der Waals surface area contributed by atoms with Crippen LogP contribution in [0.5, 0.6) is 0 Å². The second-order valence-electron chi connectivity index (χ2n) is 5.19. The predicted molar refractivity (Wildman–Crippen MR) is 68.0 cm³/mol. The molecule has 1 heterocycles. The van der Waals surface area contributed by atoms with Gasteiger partial charge >= 0.3 is 0 Å². The molecule has 1 unspecified atom stereocenters. The molecule has 3 rings (SSSR count). The lowest BCUT2D eigenvalue weighted by molar-refractivity contribution is -0.126. The fourth-order valence-electron chi connectivity index (χ4n) is 2.52. The number of halogens is 2. The van der Waals surface area contributed by atoms with E-state index >= 15 is 0 Å². The van der Waals surface area contributed by atoms with Gasteiger partial charge in [0.2, 0.25) is 11.8 Å². The molecule has 20 heavy (non-hydrogen) atoms. The van der Waals surface area contributed by atoms with Crippen LogP contribution in [-0.2, 0) is 9.59 Å². The smallest absolute Gasteiger partial charge is 0.250 e. The van der Waals surface area contributed by atoms with E-state index in [2.05, 4.69) is 5.32 Å². The maximum Gasteiger partial charge on any atom is 0.250 e. The second-order valence-corrected chi connectivity index (χ2v) is 5.19. The lowest BCUT2D eigenvalue weighted by Gasteiger charge is -2.24. The molecule has 1 saturated carbocycles. The van der Waals surface area contributed by atoms with Crippen molar-refractivity contribution in [1.82, 2.24) is 5.32 Å². The van der Waals surface area contributed by atoms with Crippen molar-refractivity contribution in [3.05, 3.63) is 29.8 Å². The molecule has 1 atom stereocenters. The number of para-hydroxylation sites is 1. The van der Waals surface area contributed by atoms with E-state index in [1.54, 1.807) is 0 Å². The minimum Gasteiger partial charge on any atom is -0.344 e. The number of hydrogen-bond acceptors (Lipinski definition) is 2. The van der Waals surface area contributed by atoms with Gasteiger partial charge in [-0.15, -0.1) is 0 Å². The molecular weight excluding hydrogens is 266 g/mol. The zero-order chi connectivity index (χ0) is 14.3. The maximum atomic E-state index is 13.8. The number of nitrogens with one attached hydrogen (secondary N) is 1. The minimum absolute atomic E-state index is 0.00819. The van der Waals surface area contributed by atoms with Crippen molar-refractivity contribution in [1.29, 1.82) is 0 Å². The number of anilines is 1. The van der Waals surface area contributed by atoms with Gasteiger partial charge in [-0.3, -0.25) is 9.59 Å². The Balaban J connectivity index is 1.98. The van der Waals surface area contributed by atoms with Crippen LogP contribution in [0.2, 0.25) is 0 Å². The Morgan fingerprint density at radius 2 is 1.80 bits per heavy atom. The Hall–Kier alpha value is -1.98. The Bertz CT molecular complexity index is 552. The number of nitrogens with zero attached hydrogens (tertiary/aromatic N) is 1. The molecule has 1 aromatic rings. The molecule has 1 saturated heterocycles. The highest BCUT2D eigenvalue weighted by Gasteiger charge is 2.42. The van der Waals surface area contributed by atoms with Gasteiger partial charge < -0.3 is 10.2 Å². The molecule has 1 aromatic carbocycles. The van der Waals surface area contributed by atoms with Gasteiger partial charge in [-0.1, -0.05) is 6.07 Å². The van der Waals surface area contributed by atoms with Crippen molar-refractivity contribution in [2.24, 2.45) is 5.92 Å². The molecule has 2 aliphatic rings. The van der Waals surface area contributed by atoms with Crippen LogP contribution in [0.3, 0.4) is 0 Å². The Labute approximate surface area is 114 Å². The van der Waals surface area contributed by atoms with Gasteiger partial charge in [0.05, 0.1) is 0 Å². The van der Waals surface area contributed by atoms with E-state index in [0.717, 1.165) is 29.9 Å². The van der Waals surface area contributed by atoms with E-state index in [1.807, 2.05) is 0 Å². The Morgan fingerprint density at radius 1 is 1.15 bits per heavy atom. The largest absolute Gasteiger partial charge is 0.344 e. The summed E-state index contributed by atoms with van der Waals surface area (Å²) < 4.78 is 27.7. The Morgan fingerprint density at radius 3 is 2.40 bits per heavy atom.